The van der Waals surface area contributed by atoms with Gasteiger partial charge in [-0.3, -0.25) is 4.79 Å². The molecule has 2 rings (SSSR count). The van der Waals surface area contributed by atoms with Gasteiger partial charge in [0.2, 0.25) is 5.91 Å². The van der Waals surface area contributed by atoms with E-state index in [1.54, 1.807) is 19.2 Å². The number of rotatable bonds is 3. The van der Waals surface area contributed by atoms with Crippen LogP contribution in [0, 0.1) is 17.3 Å². The van der Waals surface area contributed by atoms with Crippen molar-refractivity contribution in [1.82, 2.24) is 5.32 Å². The minimum absolute atomic E-state index is 0.0482. The number of benzene rings is 1. The van der Waals surface area contributed by atoms with Gasteiger partial charge in [0, 0.05) is 19.6 Å². The van der Waals surface area contributed by atoms with Gasteiger partial charge in [-0.15, -0.1) is 0 Å². The van der Waals surface area contributed by atoms with Crippen molar-refractivity contribution in [2.24, 2.45) is 17.3 Å². The number of carbonyl (C=O) groups is 1. The Bertz CT molecular complexity index is 617. The maximum atomic E-state index is 13.1. The Balaban J connectivity index is 2.72. The second kappa shape index (κ2) is 7.23. The van der Waals surface area contributed by atoms with E-state index < -0.39 is 5.41 Å². The summed E-state index contributed by atoms with van der Waals surface area (Å²) < 4.78 is 0. The monoisotopic (exact) mass is 371 g/mol. The van der Waals surface area contributed by atoms with E-state index in [0.29, 0.717) is 22.4 Å². The number of carbonyl (C=O) groups excluding carboxylic acids is 1. The minimum atomic E-state index is -0.814. The fraction of sp³-hybridized carbons (Fsp3) is 0.632. The van der Waals surface area contributed by atoms with Crippen molar-refractivity contribution in [2.45, 2.75) is 45.4 Å². The molecule has 3 unspecified atom stereocenters. The highest BCUT2D eigenvalue weighted by Gasteiger charge is 2.53. The summed E-state index contributed by atoms with van der Waals surface area (Å²) in [6.45, 7) is 6.45. The van der Waals surface area contributed by atoms with Crippen LogP contribution in [0.4, 0.5) is 0 Å². The molecule has 1 saturated carbocycles. The highest BCUT2D eigenvalue weighted by Crippen LogP contribution is 2.52. The first-order valence-corrected chi connectivity index (χ1v) is 9.23. The van der Waals surface area contributed by atoms with Gasteiger partial charge < -0.3 is 10.4 Å². The first-order chi connectivity index (χ1) is 11.2. The Morgan fingerprint density at radius 1 is 1.33 bits per heavy atom. The SMILES string of the molecule is CNC(=O)C1(c2ccc(Cl)c(Cl)c2)CCC(C)CC(C)(C)C1CO. The van der Waals surface area contributed by atoms with Crippen molar-refractivity contribution in [2.75, 3.05) is 13.7 Å². The number of halogens is 2. The molecule has 1 aliphatic rings. The second-order valence-electron chi connectivity index (χ2n) is 7.75. The Hall–Kier alpha value is -0.770. The molecule has 3 nitrogen and oxygen atoms in total. The molecular formula is C19H27Cl2NO2. The van der Waals surface area contributed by atoms with Crippen LogP contribution < -0.4 is 5.32 Å². The zero-order chi connectivity index (χ0) is 18.1. The fourth-order valence-corrected chi connectivity index (χ4v) is 4.90. The summed E-state index contributed by atoms with van der Waals surface area (Å²) in [4.78, 5) is 13.1. The topological polar surface area (TPSA) is 49.3 Å². The Kier molecular flexibility index (Phi) is 5.89. The maximum absolute atomic E-state index is 13.1. The van der Waals surface area contributed by atoms with Gasteiger partial charge in [-0.2, -0.15) is 0 Å². The predicted molar refractivity (Wildman–Crippen MR) is 99.6 cm³/mol. The van der Waals surface area contributed by atoms with Crippen LogP contribution in [0.25, 0.3) is 0 Å². The fourth-order valence-electron chi connectivity index (χ4n) is 4.61. The summed E-state index contributed by atoms with van der Waals surface area (Å²) in [6.07, 6.45) is 2.58. The Morgan fingerprint density at radius 2 is 2.00 bits per heavy atom. The van der Waals surface area contributed by atoms with Gasteiger partial charge in [0.15, 0.2) is 0 Å². The molecule has 0 aliphatic heterocycles. The van der Waals surface area contributed by atoms with E-state index in [1.807, 2.05) is 6.07 Å². The third kappa shape index (κ3) is 3.31. The van der Waals surface area contributed by atoms with Crippen molar-refractivity contribution >= 4 is 29.1 Å². The number of aliphatic hydroxyl groups excluding tert-OH is 1. The van der Waals surface area contributed by atoms with Crippen LogP contribution in [0.15, 0.2) is 18.2 Å². The van der Waals surface area contributed by atoms with E-state index in [-0.39, 0.29) is 23.8 Å². The van der Waals surface area contributed by atoms with Crippen molar-refractivity contribution < 1.29 is 9.90 Å². The third-order valence-corrected chi connectivity index (χ3v) is 6.43. The van der Waals surface area contributed by atoms with Crippen molar-refractivity contribution in [3.8, 4) is 0 Å². The molecule has 2 N–H and O–H groups in total. The minimum Gasteiger partial charge on any atom is -0.396 e. The summed E-state index contributed by atoms with van der Waals surface area (Å²) in [5.41, 5.74) is -0.160. The van der Waals surface area contributed by atoms with E-state index >= 15 is 0 Å². The highest BCUT2D eigenvalue weighted by molar-refractivity contribution is 6.42. The lowest BCUT2D eigenvalue weighted by Crippen LogP contribution is -2.53. The molecule has 134 valence electrons. The highest BCUT2D eigenvalue weighted by atomic mass is 35.5. The molecule has 1 aliphatic carbocycles. The van der Waals surface area contributed by atoms with Gasteiger partial charge >= 0.3 is 0 Å². The molecule has 0 saturated heterocycles. The number of nitrogens with one attached hydrogen (secondary N) is 1. The van der Waals surface area contributed by atoms with Crippen molar-refractivity contribution in [3.05, 3.63) is 33.8 Å². The molecule has 24 heavy (non-hydrogen) atoms. The average molecular weight is 372 g/mol. The number of hydrogen-bond acceptors (Lipinski definition) is 2. The molecule has 0 spiro atoms. The number of amides is 1. The lowest BCUT2D eigenvalue weighted by Gasteiger charge is -2.45. The average Bonchev–Trinajstić information content (AvgIpc) is 2.62. The van der Waals surface area contributed by atoms with Crippen LogP contribution in [0.5, 0.6) is 0 Å². The van der Waals surface area contributed by atoms with Gasteiger partial charge in [0.05, 0.1) is 15.5 Å². The largest absolute Gasteiger partial charge is 0.396 e. The quantitative estimate of drug-likeness (QED) is 0.771. The van der Waals surface area contributed by atoms with Crippen molar-refractivity contribution in [1.29, 1.82) is 0 Å². The van der Waals surface area contributed by atoms with Gasteiger partial charge in [0.1, 0.15) is 0 Å². The number of likely N-dealkylation sites (N-methyl/N-ethyl adjacent to an activating group) is 1. The first-order valence-electron chi connectivity index (χ1n) is 8.47. The smallest absolute Gasteiger partial charge is 0.230 e. The van der Waals surface area contributed by atoms with Gasteiger partial charge in [0.25, 0.3) is 0 Å². The lowest BCUT2D eigenvalue weighted by molar-refractivity contribution is -0.132. The molecule has 1 aromatic rings. The molecule has 1 aromatic carbocycles. The molecule has 1 fully saturated rings. The van der Waals surface area contributed by atoms with Crippen LogP contribution in [0.3, 0.4) is 0 Å². The van der Waals surface area contributed by atoms with Gasteiger partial charge in [-0.1, -0.05) is 50.0 Å². The van der Waals surface area contributed by atoms with Crippen LogP contribution in [0.2, 0.25) is 10.0 Å². The molecule has 1 amide bonds. The summed E-state index contributed by atoms with van der Waals surface area (Å²) in [7, 11) is 1.65. The summed E-state index contributed by atoms with van der Waals surface area (Å²) >= 11 is 12.3. The van der Waals surface area contributed by atoms with E-state index in [9.17, 15) is 9.90 Å². The standard InChI is InChI=1S/C19H27Cl2NO2/c1-12-7-8-19(17(24)22-4,16(11-23)18(2,3)10-12)13-5-6-14(20)15(21)9-13/h5-6,9,12,16,23H,7-8,10-11H2,1-4H3,(H,22,24). The summed E-state index contributed by atoms with van der Waals surface area (Å²) in [6, 6.07) is 5.39. The van der Waals surface area contributed by atoms with Crippen LogP contribution in [-0.2, 0) is 10.2 Å². The number of aliphatic hydroxyl groups is 1. The van der Waals surface area contributed by atoms with Gasteiger partial charge in [-0.25, -0.2) is 0 Å². The third-order valence-electron chi connectivity index (χ3n) is 5.69. The molecule has 0 heterocycles. The van der Waals surface area contributed by atoms with Gasteiger partial charge in [-0.05, 0) is 48.3 Å². The van der Waals surface area contributed by atoms with E-state index in [0.717, 1.165) is 18.4 Å². The second-order valence-corrected chi connectivity index (χ2v) is 8.57. The molecular weight excluding hydrogens is 345 g/mol. The van der Waals surface area contributed by atoms with Crippen LogP contribution in [-0.4, -0.2) is 24.7 Å². The zero-order valence-electron chi connectivity index (χ0n) is 14.8. The molecule has 5 heteroatoms. The van der Waals surface area contributed by atoms with E-state index in [2.05, 4.69) is 26.1 Å². The van der Waals surface area contributed by atoms with E-state index in [4.69, 9.17) is 23.2 Å². The van der Waals surface area contributed by atoms with E-state index in [1.165, 1.54) is 0 Å². The summed E-state index contributed by atoms with van der Waals surface area (Å²) in [5, 5.41) is 14.0. The zero-order valence-corrected chi connectivity index (χ0v) is 16.3. The molecule has 3 atom stereocenters. The number of hydrogen-bond donors (Lipinski definition) is 2. The van der Waals surface area contributed by atoms with Crippen LogP contribution in [0.1, 0.15) is 45.6 Å². The Morgan fingerprint density at radius 3 is 2.54 bits per heavy atom. The van der Waals surface area contributed by atoms with Crippen LogP contribution >= 0.6 is 23.2 Å². The first kappa shape index (κ1) is 19.6. The normalized spacial score (nSPS) is 29.8. The molecule has 0 radical (unpaired) electrons. The predicted octanol–water partition coefficient (Wildman–Crippen LogP) is 4.43. The van der Waals surface area contributed by atoms with Crippen molar-refractivity contribution in [3.63, 3.8) is 0 Å². The maximum Gasteiger partial charge on any atom is 0.230 e. The molecule has 0 aromatic heterocycles. The summed E-state index contributed by atoms with van der Waals surface area (Å²) in [5.74, 6) is 0.220. The lowest BCUT2D eigenvalue weighted by atomic mass is 9.59. The Labute approximate surface area is 154 Å². The molecule has 0 bridgehead atoms.